The van der Waals surface area contributed by atoms with Gasteiger partial charge in [0, 0.05) is 12.1 Å². The third-order valence-corrected chi connectivity index (χ3v) is 4.08. The lowest BCUT2D eigenvalue weighted by Gasteiger charge is -2.32. The number of nitrogens with two attached hydrogens (primary N) is 1. The monoisotopic (exact) mass is 242 g/mol. The summed E-state index contributed by atoms with van der Waals surface area (Å²) in [6.45, 7) is 6.85. The molecule has 1 heterocycles. The highest BCUT2D eigenvalue weighted by Gasteiger charge is 2.34. The summed E-state index contributed by atoms with van der Waals surface area (Å²) in [4.78, 5) is 12.1. The molecule has 0 spiro atoms. The lowest BCUT2D eigenvalue weighted by atomic mass is 9.89. The molecule has 1 saturated heterocycles. The molecular formula is C13H26N2O2. The molecule has 0 bridgehead atoms. The Morgan fingerprint density at radius 3 is 2.29 bits per heavy atom. The molecule has 0 aliphatic carbocycles. The quantitative estimate of drug-likeness (QED) is 0.743. The smallest absolute Gasteiger partial charge is 0.249 e. The number of nitrogens with one attached hydrogen (secondary N) is 1. The topological polar surface area (TPSA) is 64.4 Å². The number of carbonyl (C=O) groups is 1. The van der Waals surface area contributed by atoms with Crippen LogP contribution in [0.2, 0.25) is 0 Å². The normalized spacial score (nSPS) is 24.9. The van der Waals surface area contributed by atoms with Crippen LogP contribution in [0, 0.1) is 0 Å². The van der Waals surface area contributed by atoms with Gasteiger partial charge in [-0.1, -0.05) is 20.8 Å². The molecule has 1 aliphatic heterocycles. The van der Waals surface area contributed by atoms with Gasteiger partial charge >= 0.3 is 0 Å². The Balaban J connectivity index is 2.54. The largest absolute Gasteiger partial charge is 0.364 e. The molecule has 1 amide bonds. The zero-order valence-electron chi connectivity index (χ0n) is 11.3. The van der Waals surface area contributed by atoms with Gasteiger partial charge in [0.15, 0.2) is 0 Å². The van der Waals surface area contributed by atoms with E-state index in [-0.39, 0.29) is 23.7 Å². The van der Waals surface area contributed by atoms with Crippen LogP contribution in [-0.2, 0) is 9.53 Å². The van der Waals surface area contributed by atoms with Gasteiger partial charge in [-0.05, 0) is 32.1 Å². The van der Waals surface area contributed by atoms with Crippen LogP contribution < -0.4 is 11.1 Å². The molecule has 1 aliphatic rings. The molecule has 4 heteroatoms. The maximum absolute atomic E-state index is 12.1. The number of ether oxygens (including phenoxy) is 1. The predicted octanol–water partition coefficient (Wildman–Crippen LogP) is 1.58. The SMILES string of the molecule is CCC(CC)(CC)NC(=O)[C@@H]1CC[C@H](CN)O1. The standard InChI is InChI=1S/C13H26N2O2/c1-4-13(5-2,6-3)15-12(16)11-8-7-10(9-14)17-11/h10-11H,4-9,14H2,1-3H3,(H,15,16)/t10-,11+/m1/s1. The van der Waals surface area contributed by atoms with E-state index in [0.717, 1.165) is 32.1 Å². The van der Waals surface area contributed by atoms with Crippen molar-refractivity contribution in [3.63, 3.8) is 0 Å². The Morgan fingerprint density at radius 1 is 1.29 bits per heavy atom. The Bertz CT molecular complexity index is 244. The van der Waals surface area contributed by atoms with Crippen molar-refractivity contribution in [2.24, 2.45) is 5.73 Å². The van der Waals surface area contributed by atoms with Gasteiger partial charge in [-0.15, -0.1) is 0 Å². The number of carbonyl (C=O) groups excluding carboxylic acids is 1. The molecule has 1 rings (SSSR count). The molecule has 0 saturated carbocycles. The van der Waals surface area contributed by atoms with E-state index < -0.39 is 0 Å². The second kappa shape index (κ2) is 6.36. The third kappa shape index (κ3) is 3.42. The summed E-state index contributed by atoms with van der Waals surface area (Å²) in [6.07, 6.45) is 4.32. The molecule has 1 fully saturated rings. The number of rotatable bonds is 6. The summed E-state index contributed by atoms with van der Waals surface area (Å²) in [7, 11) is 0. The van der Waals surface area contributed by atoms with E-state index in [1.165, 1.54) is 0 Å². The summed E-state index contributed by atoms with van der Waals surface area (Å²) in [5.41, 5.74) is 5.48. The van der Waals surface area contributed by atoms with E-state index in [4.69, 9.17) is 10.5 Å². The van der Waals surface area contributed by atoms with Gasteiger partial charge in [-0.25, -0.2) is 0 Å². The van der Waals surface area contributed by atoms with E-state index in [0.29, 0.717) is 6.54 Å². The van der Waals surface area contributed by atoms with Crippen LogP contribution in [0.5, 0.6) is 0 Å². The maximum Gasteiger partial charge on any atom is 0.249 e. The highest BCUT2D eigenvalue weighted by molar-refractivity contribution is 5.81. The molecule has 0 unspecified atom stereocenters. The van der Waals surface area contributed by atoms with Crippen LogP contribution in [-0.4, -0.2) is 30.2 Å². The Kier molecular flexibility index (Phi) is 5.40. The van der Waals surface area contributed by atoms with Crippen molar-refractivity contribution in [2.75, 3.05) is 6.54 Å². The fourth-order valence-electron chi connectivity index (χ4n) is 2.43. The van der Waals surface area contributed by atoms with E-state index in [1.54, 1.807) is 0 Å². The van der Waals surface area contributed by atoms with Gasteiger partial charge in [0.25, 0.3) is 0 Å². The van der Waals surface area contributed by atoms with Gasteiger partial charge in [-0.3, -0.25) is 4.79 Å². The van der Waals surface area contributed by atoms with Gasteiger partial charge < -0.3 is 15.8 Å². The summed E-state index contributed by atoms with van der Waals surface area (Å²) in [6, 6.07) is 0. The van der Waals surface area contributed by atoms with E-state index in [1.807, 2.05) is 0 Å². The van der Waals surface area contributed by atoms with Crippen molar-refractivity contribution in [1.82, 2.24) is 5.32 Å². The molecule has 0 aromatic carbocycles. The zero-order valence-corrected chi connectivity index (χ0v) is 11.3. The molecule has 100 valence electrons. The predicted molar refractivity (Wildman–Crippen MR) is 68.7 cm³/mol. The van der Waals surface area contributed by atoms with Crippen LogP contribution in [0.3, 0.4) is 0 Å². The van der Waals surface area contributed by atoms with Gasteiger partial charge in [0.1, 0.15) is 6.10 Å². The summed E-state index contributed by atoms with van der Waals surface area (Å²) < 4.78 is 5.61. The van der Waals surface area contributed by atoms with E-state index in [9.17, 15) is 4.79 Å². The average molecular weight is 242 g/mol. The van der Waals surface area contributed by atoms with Crippen molar-refractivity contribution in [2.45, 2.75) is 70.6 Å². The van der Waals surface area contributed by atoms with Gasteiger partial charge in [0.05, 0.1) is 6.10 Å². The van der Waals surface area contributed by atoms with Crippen molar-refractivity contribution >= 4 is 5.91 Å². The van der Waals surface area contributed by atoms with Crippen molar-refractivity contribution < 1.29 is 9.53 Å². The number of hydrogen-bond donors (Lipinski definition) is 2. The first-order valence-electron chi connectivity index (χ1n) is 6.78. The molecule has 4 nitrogen and oxygen atoms in total. The van der Waals surface area contributed by atoms with Crippen LogP contribution in [0.25, 0.3) is 0 Å². The first kappa shape index (κ1) is 14.5. The Hall–Kier alpha value is -0.610. The molecule has 0 aromatic heterocycles. The van der Waals surface area contributed by atoms with Crippen molar-refractivity contribution in [3.8, 4) is 0 Å². The van der Waals surface area contributed by atoms with Crippen LogP contribution in [0.15, 0.2) is 0 Å². The molecule has 17 heavy (non-hydrogen) atoms. The molecular weight excluding hydrogens is 216 g/mol. The van der Waals surface area contributed by atoms with Crippen molar-refractivity contribution in [1.29, 1.82) is 0 Å². The zero-order chi connectivity index (χ0) is 12.9. The number of hydrogen-bond acceptors (Lipinski definition) is 3. The van der Waals surface area contributed by atoms with Crippen LogP contribution in [0.1, 0.15) is 52.9 Å². The first-order valence-corrected chi connectivity index (χ1v) is 6.78. The first-order chi connectivity index (χ1) is 8.10. The highest BCUT2D eigenvalue weighted by Crippen LogP contribution is 2.23. The molecule has 2 atom stereocenters. The van der Waals surface area contributed by atoms with E-state index >= 15 is 0 Å². The third-order valence-electron chi connectivity index (χ3n) is 4.08. The molecule has 3 N–H and O–H groups in total. The van der Waals surface area contributed by atoms with Crippen molar-refractivity contribution in [3.05, 3.63) is 0 Å². The van der Waals surface area contributed by atoms with Crippen LogP contribution >= 0.6 is 0 Å². The molecule has 0 radical (unpaired) electrons. The Morgan fingerprint density at radius 2 is 1.88 bits per heavy atom. The maximum atomic E-state index is 12.1. The second-order valence-electron chi connectivity index (χ2n) is 4.89. The fourth-order valence-corrected chi connectivity index (χ4v) is 2.43. The van der Waals surface area contributed by atoms with Crippen LogP contribution in [0.4, 0.5) is 0 Å². The van der Waals surface area contributed by atoms with E-state index in [2.05, 4.69) is 26.1 Å². The second-order valence-corrected chi connectivity index (χ2v) is 4.89. The summed E-state index contributed by atoms with van der Waals surface area (Å²) in [5.74, 6) is 0.0338. The Labute approximate surface area is 104 Å². The minimum atomic E-state index is -0.299. The summed E-state index contributed by atoms with van der Waals surface area (Å²) in [5, 5.41) is 3.16. The lowest BCUT2D eigenvalue weighted by Crippen LogP contribution is -2.50. The highest BCUT2D eigenvalue weighted by atomic mass is 16.5. The summed E-state index contributed by atoms with van der Waals surface area (Å²) >= 11 is 0. The minimum absolute atomic E-state index is 0.0338. The minimum Gasteiger partial charge on any atom is -0.364 e. The molecule has 0 aromatic rings. The lowest BCUT2D eigenvalue weighted by molar-refractivity contribution is -0.134. The van der Waals surface area contributed by atoms with Gasteiger partial charge in [-0.2, -0.15) is 0 Å². The fraction of sp³-hybridized carbons (Fsp3) is 0.923. The number of amides is 1. The van der Waals surface area contributed by atoms with Gasteiger partial charge in [0.2, 0.25) is 5.91 Å². The average Bonchev–Trinajstić information content (AvgIpc) is 2.85.